The molecule has 1 atom stereocenters. The molecule has 0 fully saturated rings. The van der Waals surface area contributed by atoms with E-state index < -0.39 is 6.10 Å². The molecule has 2 N–H and O–H groups in total. The topological polar surface area (TPSA) is 43.7 Å². The SMILES string of the molecule is CN(I)CC(O)CO. The molecule has 0 saturated carbocycles. The summed E-state index contributed by atoms with van der Waals surface area (Å²) in [6, 6.07) is 0. The number of likely N-dealkylation sites (N-methyl/N-ethyl adjacent to an activating group) is 1. The van der Waals surface area contributed by atoms with Gasteiger partial charge in [0.05, 0.1) is 12.7 Å². The third-order valence-electron chi connectivity index (χ3n) is 0.673. The summed E-state index contributed by atoms with van der Waals surface area (Å²) in [6.45, 7) is 0.352. The van der Waals surface area contributed by atoms with Crippen LogP contribution in [-0.2, 0) is 0 Å². The number of hydrogen-bond acceptors (Lipinski definition) is 3. The minimum absolute atomic E-state index is 0.159. The van der Waals surface area contributed by atoms with Crippen LogP contribution in [0.4, 0.5) is 0 Å². The Morgan fingerprint density at radius 2 is 2.25 bits per heavy atom. The fourth-order valence-electron chi connectivity index (χ4n) is 0.348. The van der Waals surface area contributed by atoms with Crippen molar-refractivity contribution in [2.75, 3.05) is 20.2 Å². The zero-order valence-corrected chi connectivity index (χ0v) is 6.87. The van der Waals surface area contributed by atoms with Crippen molar-refractivity contribution in [3.63, 3.8) is 0 Å². The number of nitrogens with zero attached hydrogens (tertiary/aromatic N) is 1. The molecule has 0 amide bonds. The quantitative estimate of drug-likeness (QED) is 0.514. The van der Waals surface area contributed by atoms with Crippen molar-refractivity contribution in [2.45, 2.75) is 6.10 Å². The van der Waals surface area contributed by atoms with Crippen LogP contribution in [0.25, 0.3) is 0 Å². The minimum atomic E-state index is -0.600. The fourth-order valence-corrected chi connectivity index (χ4v) is 0.803. The predicted octanol–water partition coefficient (Wildman–Crippen LogP) is -0.379. The molecule has 0 aliphatic heterocycles. The maximum atomic E-state index is 8.73. The smallest absolute Gasteiger partial charge is 0.0905 e. The van der Waals surface area contributed by atoms with Crippen LogP contribution >= 0.6 is 22.9 Å². The lowest BCUT2D eigenvalue weighted by molar-refractivity contribution is 0.0868. The summed E-state index contributed by atoms with van der Waals surface area (Å²) >= 11 is 2.04. The Bertz CT molecular complexity index is 60.0. The van der Waals surface area contributed by atoms with Gasteiger partial charge in [0.25, 0.3) is 0 Å². The first-order valence-electron chi connectivity index (χ1n) is 2.32. The molecule has 8 heavy (non-hydrogen) atoms. The molecule has 50 valence electrons. The molecule has 0 aromatic rings. The average Bonchev–Trinajstić information content (AvgIpc) is 1.65. The van der Waals surface area contributed by atoms with Gasteiger partial charge in [-0.3, -0.25) is 0 Å². The van der Waals surface area contributed by atoms with E-state index in [0.717, 1.165) is 0 Å². The second kappa shape index (κ2) is 4.49. The van der Waals surface area contributed by atoms with Crippen LogP contribution in [0.3, 0.4) is 0 Å². The van der Waals surface area contributed by atoms with Crippen molar-refractivity contribution in [3.05, 3.63) is 0 Å². The highest BCUT2D eigenvalue weighted by molar-refractivity contribution is 14.1. The average molecular weight is 231 g/mol. The van der Waals surface area contributed by atoms with E-state index in [2.05, 4.69) is 0 Å². The van der Waals surface area contributed by atoms with Gasteiger partial charge in [0.1, 0.15) is 0 Å². The Hall–Kier alpha value is 0.610. The summed E-state index contributed by atoms with van der Waals surface area (Å²) in [7, 11) is 1.83. The van der Waals surface area contributed by atoms with E-state index in [1.54, 1.807) is 3.11 Å². The Labute approximate surface area is 62.8 Å². The third kappa shape index (κ3) is 4.76. The molecule has 4 heteroatoms. The van der Waals surface area contributed by atoms with E-state index in [4.69, 9.17) is 10.2 Å². The van der Waals surface area contributed by atoms with Crippen LogP contribution in [0.15, 0.2) is 0 Å². The van der Waals surface area contributed by atoms with Crippen molar-refractivity contribution in [2.24, 2.45) is 0 Å². The van der Waals surface area contributed by atoms with Gasteiger partial charge in [-0.05, 0) is 7.05 Å². The molecule has 0 aliphatic rings. The van der Waals surface area contributed by atoms with E-state index in [1.165, 1.54) is 0 Å². The number of rotatable bonds is 3. The van der Waals surface area contributed by atoms with Crippen LogP contribution in [0.5, 0.6) is 0 Å². The first kappa shape index (κ1) is 8.61. The standard InChI is InChI=1S/C4H10INO2/c1-6(5)2-4(8)3-7/h4,7-8H,2-3H2,1H3. The Morgan fingerprint density at radius 1 is 1.75 bits per heavy atom. The first-order chi connectivity index (χ1) is 3.66. The lowest BCUT2D eigenvalue weighted by Crippen LogP contribution is -2.24. The number of halogens is 1. The van der Waals surface area contributed by atoms with Gasteiger partial charge in [-0.2, -0.15) is 0 Å². The van der Waals surface area contributed by atoms with Gasteiger partial charge in [-0.1, -0.05) is 0 Å². The molecule has 1 unspecified atom stereocenters. The molecule has 0 heterocycles. The normalized spacial score (nSPS) is 14.6. The molecule has 0 rings (SSSR count). The molecule has 0 aromatic heterocycles. The second-order valence-corrected chi connectivity index (χ2v) is 3.27. The zero-order chi connectivity index (χ0) is 6.57. The van der Waals surface area contributed by atoms with Gasteiger partial charge >= 0.3 is 0 Å². The van der Waals surface area contributed by atoms with Crippen molar-refractivity contribution >= 4 is 22.9 Å². The van der Waals surface area contributed by atoms with Crippen LogP contribution < -0.4 is 0 Å². The van der Waals surface area contributed by atoms with Gasteiger partial charge in [0.15, 0.2) is 0 Å². The van der Waals surface area contributed by atoms with Crippen molar-refractivity contribution < 1.29 is 10.2 Å². The van der Waals surface area contributed by atoms with Gasteiger partial charge in [-0.15, -0.1) is 0 Å². The Kier molecular flexibility index (Phi) is 4.83. The van der Waals surface area contributed by atoms with E-state index in [-0.39, 0.29) is 6.61 Å². The predicted molar refractivity (Wildman–Crippen MR) is 39.7 cm³/mol. The lowest BCUT2D eigenvalue weighted by atomic mass is 10.4. The van der Waals surface area contributed by atoms with E-state index in [0.29, 0.717) is 6.54 Å². The highest BCUT2D eigenvalue weighted by Gasteiger charge is 2.01. The van der Waals surface area contributed by atoms with Crippen molar-refractivity contribution in [3.8, 4) is 0 Å². The molecular weight excluding hydrogens is 221 g/mol. The zero-order valence-electron chi connectivity index (χ0n) is 4.71. The Morgan fingerprint density at radius 3 is 2.38 bits per heavy atom. The summed E-state index contributed by atoms with van der Waals surface area (Å²) in [5.41, 5.74) is 0. The number of aliphatic hydroxyl groups is 2. The minimum Gasteiger partial charge on any atom is -0.394 e. The summed E-state index contributed by atoms with van der Waals surface area (Å²) in [4.78, 5) is 0. The van der Waals surface area contributed by atoms with E-state index in [9.17, 15) is 0 Å². The summed E-state index contributed by atoms with van der Waals surface area (Å²) in [6.07, 6.45) is -0.600. The fraction of sp³-hybridized carbons (Fsp3) is 1.00. The highest BCUT2D eigenvalue weighted by atomic mass is 127. The van der Waals surface area contributed by atoms with Crippen LogP contribution in [0.2, 0.25) is 0 Å². The monoisotopic (exact) mass is 231 g/mol. The second-order valence-electron chi connectivity index (χ2n) is 1.62. The molecule has 0 saturated heterocycles. The highest BCUT2D eigenvalue weighted by Crippen LogP contribution is 1.93. The molecule has 0 aromatic carbocycles. The van der Waals surface area contributed by atoms with Gasteiger partial charge in [0.2, 0.25) is 0 Å². The van der Waals surface area contributed by atoms with Crippen molar-refractivity contribution in [1.82, 2.24) is 3.11 Å². The maximum absolute atomic E-state index is 8.73. The lowest BCUT2D eigenvalue weighted by Gasteiger charge is -2.10. The maximum Gasteiger partial charge on any atom is 0.0905 e. The van der Waals surface area contributed by atoms with Gasteiger partial charge in [0, 0.05) is 29.4 Å². The van der Waals surface area contributed by atoms with E-state index in [1.807, 2.05) is 29.9 Å². The third-order valence-corrected chi connectivity index (χ3v) is 1.07. The largest absolute Gasteiger partial charge is 0.394 e. The van der Waals surface area contributed by atoms with Crippen molar-refractivity contribution in [1.29, 1.82) is 0 Å². The molecule has 0 aliphatic carbocycles. The summed E-state index contributed by atoms with van der Waals surface area (Å²) in [5.74, 6) is 0. The van der Waals surface area contributed by atoms with Gasteiger partial charge in [-0.25, -0.2) is 3.11 Å². The van der Waals surface area contributed by atoms with Gasteiger partial charge < -0.3 is 10.2 Å². The summed E-state index contributed by atoms with van der Waals surface area (Å²) < 4.78 is 1.79. The molecule has 0 bridgehead atoms. The Balaban J connectivity index is 3.10. The van der Waals surface area contributed by atoms with Crippen LogP contribution in [0, 0.1) is 0 Å². The molecular formula is C4H10INO2. The first-order valence-corrected chi connectivity index (χ1v) is 3.29. The molecule has 0 spiro atoms. The van der Waals surface area contributed by atoms with E-state index >= 15 is 0 Å². The molecule has 3 nitrogen and oxygen atoms in total. The summed E-state index contributed by atoms with van der Waals surface area (Å²) in [5, 5.41) is 17.0. The number of hydrogen-bond donors (Lipinski definition) is 2. The molecule has 0 radical (unpaired) electrons. The number of aliphatic hydroxyl groups excluding tert-OH is 2. The van der Waals surface area contributed by atoms with Crippen LogP contribution in [-0.4, -0.2) is 39.6 Å². The van der Waals surface area contributed by atoms with Crippen LogP contribution in [0.1, 0.15) is 0 Å².